The van der Waals surface area contributed by atoms with Crippen LogP contribution in [0.1, 0.15) is 49.6 Å². The third-order valence-corrected chi connectivity index (χ3v) is 9.79. The van der Waals surface area contributed by atoms with Gasteiger partial charge in [0.2, 0.25) is 23.6 Å². The van der Waals surface area contributed by atoms with Crippen LogP contribution >= 0.6 is 0 Å². The monoisotopic (exact) mass is 777 g/mol. The Balaban J connectivity index is 1.25. The van der Waals surface area contributed by atoms with Gasteiger partial charge in [0.15, 0.2) is 0 Å². The summed E-state index contributed by atoms with van der Waals surface area (Å²) < 4.78 is 10.7. The Morgan fingerprint density at radius 2 is 1.44 bits per heavy atom. The number of nitrogens with zero attached hydrogens (tertiary/aromatic N) is 1. The molecule has 15 nitrogen and oxygen atoms in total. The number of para-hydroxylation sites is 2. The number of hydrogen-bond donors (Lipinski definition) is 6. The van der Waals surface area contributed by atoms with Gasteiger partial charge in [-0.1, -0.05) is 66.7 Å². The van der Waals surface area contributed by atoms with Crippen molar-refractivity contribution in [2.24, 2.45) is 5.73 Å². The molecule has 0 spiro atoms. The van der Waals surface area contributed by atoms with E-state index in [0.29, 0.717) is 5.56 Å². The van der Waals surface area contributed by atoms with Gasteiger partial charge in [-0.15, -0.1) is 0 Å². The lowest BCUT2D eigenvalue weighted by Crippen LogP contribution is -2.60. The highest BCUT2D eigenvalue weighted by molar-refractivity contribution is 5.98. The number of rotatable bonds is 13. The fourth-order valence-electron chi connectivity index (χ4n) is 7.09. The average Bonchev–Trinajstić information content (AvgIpc) is 3.76. The highest BCUT2D eigenvalue weighted by Gasteiger charge is 2.40. The molecule has 1 aliphatic rings. The maximum absolute atomic E-state index is 14.2. The largest absolute Gasteiger partial charge is 0.467 e. The number of carbonyl (C=O) groups excluding carboxylic acids is 6. The number of primary amides is 1. The number of methoxy groups -OCH3 is 1. The van der Waals surface area contributed by atoms with E-state index in [0.717, 1.165) is 38.6 Å². The molecule has 0 saturated heterocycles. The maximum Gasteiger partial charge on any atom is 0.411 e. The van der Waals surface area contributed by atoms with Crippen LogP contribution in [0.25, 0.3) is 21.8 Å². The molecular weight excluding hydrogens is 731 g/mol. The van der Waals surface area contributed by atoms with E-state index < -0.39 is 71.9 Å². The van der Waals surface area contributed by atoms with Crippen molar-refractivity contribution in [1.29, 1.82) is 0 Å². The predicted octanol–water partition coefficient (Wildman–Crippen LogP) is 3.30. The minimum atomic E-state index is -1.53. The van der Waals surface area contributed by atoms with Gasteiger partial charge in [-0.3, -0.25) is 24.1 Å². The molecular formula is C42H47N7O8. The molecule has 3 aromatic carbocycles. The second kappa shape index (κ2) is 17.0. The summed E-state index contributed by atoms with van der Waals surface area (Å²) in [6.45, 7) is 5.15. The van der Waals surface area contributed by atoms with Crippen molar-refractivity contribution in [1.82, 2.24) is 30.8 Å². The van der Waals surface area contributed by atoms with Crippen molar-refractivity contribution >= 4 is 57.5 Å². The molecule has 0 saturated carbocycles. The average molecular weight is 778 g/mol. The first-order valence-electron chi connectivity index (χ1n) is 18.6. The number of carbonyl (C=O) groups is 6. The lowest BCUT2D eigenvalue weighted by atomic mass is 9.96. The summed E-state index contributed by atoms with van der Waals surface area (Å²) in [5, 5.41) is 9.82. The van der Waals surface area contributed by atoms with Crippen LogP contribution in [0.5, 0.6) is 0 Å². The van der Waals surface area contributed by atoms with Crippen LogP contribution in [-0.2, 0) is 59.3 Å². The number of nitrogens with one attached hydrogen (secondary N) is 5. The second-order valence-corrected chi connectivity index (χ2v) is 15.1. The number of H-pyrrole nitrogens is 2. The zero-order valence-corrected chi connectivity index (χ0v) is 32.2. The summed E-state index contributed by atoms with van der Waals surface area (Å²) in [4.78, 5) is 89.1. The van der Waals surface area contributed by atoms with E-state index in [1.807, 2.05) is 48.5 Å². The third kappa shape index (κ3) is 9.61. The number of benzene rings is 3. The van der Waals surface area contributed by atoms with Crippen LogP contribution in [0.4, 0.5) is 4.79 Å². The second-order valence-electron chi connectivity index (χ2n) is 15.1. The molecule has 2 aromatic heterocycles. The van der Waals surface area contributed by atoms with E-state index in [1.54, 1.807) is 57.3 Å². The maximum atomic E-state index is 14.2. The van der Waals surface area contributed by atoms with Crippen LogP contribution in [0.15, 0.2) is 85.1 Å². The van der Waals surface area contributed by atoms with Gasteiger partial charge in [0.05, 0.1) is 20.1 Å². The Kier molecular flexibility index (Phi) is 12.0. The molecule has 5 amide bonds. The molecule has 298 valence electrons. The predicted molar refractivity (Wildman–Crippen MR) is 211 cm³/mol. The first-order chi connectivity index (χ1) is 27.2. The molecule has 3 heterocycles. The van der Waals surface area contributed by atoms with Crippen molar-refractivity contribution in [3.8, 4) is 0 Å². The summed E-state index contributed by atoms with van der Waals surface area (Å²) in [5.41, 5.74) is 9.40. The van der Waals surface area contributed by atoms with E-state index in [-0.39, 0.29) is 25.8 Å². The van der Waals surface area contributed by atoms with Crippen molar-refractivity contribution in [2.75, 3.05) is 7.11 Å². The van der Waals surface area contributed by atoms with Gasteiger partial charge < -0.3 is 41.1 Å². The normalized spacial score (nSPS) is 15.5. The van der Waals surface area contributed by atoms with Crippen LogP contribution in [0.2, 0.25) is 0 Å². The number of aromatic amines is 2. The summed E-state index contributed by atoms with van der Waals surface area (Å²) >= 11 is 0. The molecule has 0 bridgehead atoms. The Labute approximate surface area is 329 Å². The van der Waals surface area contributed by atoms with E-state index in [9.17, 15) is 28.8 Å². The van der Waals surface area contributed by atoms with E-state index in [2.05, 4.69) is 25.9 Å². The first kappa shape index (κ1) is 40.0. The Hall–Kier alpha value is -6.64. The Bertz CT molecular complexity index is 2290. The quantitative estimate of drug-likeness (QED) is 0.0973. The topological polar surface area (TPSA) is 218 Å². The minimum absolute atomic E-state index is 0.00494. The molecule has 0 radical (unpaired) electrons. The fourth-order valence-corrected chi connectivity index (χ4v) is 7.09. The molecule has 5 aromatic rings. The molecule has 4 atom stereocenters. The molecule has 0 fully saturated rings. The van der Waals surface area contributed by atoms with Gasteiger partial charge in [0, 0.05) is 53.0 Å². The molecule has 15 heteroatoms. The van der Waals surface area contributed by atoms with Gasteiger partial charge in [-0.25, -0.2) is 9.59 Å². The lowest BCUT2D eigenvalue weighted by molar-refractivity contribution is -0.145. The minimum Gasteiger partial charge on any atom is -0.467 e. The molecule has 7 N–H and O–H groups in total. The van der Waals surface area contributed by atoms with Crippen LogP contribution in [0, 0.1) is 0 Å². The number of aromatic nitrogens is 2. The number of hydrogen-bond acceptors (Lipinski definition) is 8. The van der Waals surface area contributed by atoms with Crippen LogP contribution in [0.3, 0.4) is 0 Å². The highest BCUT2D eigenvalue weighted by Crippen LogP contribution is 2.31. The van der Waals surface area contributed by atoms with E-state index in [1.165, 1.54) is 12.0 Å². The van der Waals surface area contributed by atoms with E-state index in [4.69, 9.17) is 15.2 Å². The Morgan fingerprint density at radius 3 is 2.12 bits per heavy atom. The summed E-state index contributed by atoms with van der Waals surface area (Å²) in [5.74, 6) is -3.90. The van der Waals surface area contributed by atoms with Crippen LogP contribution < -0.4 is 21.7 Å². The summed E-state index contributed by atoms with van der Waals surface area (Å²) in [7, 11) is 1.21. The first-order valence-corrected chi connectivity index (χ1v) is 18.6. The zero-order valence-electron chi connectivity index (χ0n) is 32.2. The standard InChI is InChI=1S/C42H47N7O8/c1-42(2,3)57-41(55)49-23-34-28(27-15-9-11-17-30(27)45-34)20-35(49)39(53)47-32(21-36(43)50)38(52)46-31(18-24-12-6-5-7-13-24)37(51)48-33(40(54)56-4)19-25-22-44-29-16-10-8-14-26(25)29/h5-17,22,31-33,35,44-45H,18-21,23H2,1-4H3,(H2,43,50)(H,46,52)(H,47,53)(H,48,51)/t31-,32-,33-,35-/m0/s1. The smallest absolute Gasteiger partial charge is 0.411 e. The molecule has 0 aliphatic carbocycles. The molecule has 0 unspecified atom stereocenters. The highest BCUT2D eigenvalue weighted by atomic mass is 16.6. The van der Waals surface area contributed by atoms with Gasteiger partial charge in [-0.05, 0) is 49.6 Å². The summed E-state index contributed by atoms with van der Waals surface area (Å²) in [6.07, 6.45) is 0.565. The van der Waals surface area contributed by atoms with Crippen LogP contribution in [-0.4, -0.2) is 87.4 Å². The van der Waals surface area contributed by atoms with Crippen molar-refractivity contribution < 1.29 is 38.2 Å². The molecule has 57 heavy (non-hydrogen) atoms. The lowest BCUT2D eigenvalue weighted by Gasteiger charge is -2.36. The van der Waals surface area contributed by atoms with Gasteiger partial charge in [-0.2, -0.15) is 0 Å². The molecule has 1 aliphatic heterocycles. The Morgan fingerprint density at radius 1 is 0.807 bits per heavy atom. The SMILES string of the molecule is COC(=O)[C@H](Cc1c[nH]c2ccccc12)NC(=O)[C@H](Cc1ccccc1)NC(=O)[C@H](CC(N)=O)NC(=O)[C@@H]1Cc2c([nH]c3ccccc23)CN1C(=O)OC(C)(C)C. The fraction of sp³-hybridized carbons (Fsp3) is 0.333. The van der Waals surface area contributed by atoms with Crippen molar-refractivity contribution in [2.45, 2.75) is 82.8 Å². The van der Waals surface area contributed by atoms with Gasteiger partial charge in [0.1, 0.15) is 29.8 Å². The number of esters is 1. The summed E-state index contributed by atoms with van der Waals surface area (Å²) in [6, 6.07) is 18.9. The zero-order chi connectivity index (χ0) is 40.9. The third-order valence-electron chi connectivity index (χ3n) is 9.79. The van der Waals surface area contributed by atoms with E-state index >= 15 is 0 Å². The number of amides is 5. The van der Waals surface area contributed by atoms with Gasteiger partial charge >= 0.3 is 12.1 Å². The number of nitrogens with two attached hydrogens (primary N) is 1. The molecule has 6 rings (SSSR count). The number of ether oxygens (including phenoxy) is 2. The van der Waals surface area contributed by atoms with Crippen molar-refractivity contribution in [3.63, 3.8) is 0 Å². The van der Waals surface area contributed by atoms with Gasteiger partial charge in [0.25, 0.3) is 0 Å². The van der Waals surface area contributed by atoms with Crippen molar-refractivity contribution in [3.05, 3.63) is 107 Å². The number of fused-ring (bicyclic) bond motifs is 4.